The van der Waals surface area contributed by atoms with Crippen LogP contribution in [-0.2, 0) is 17.8 Å². The molecule has 6 nitrogen and oxygen atoms in total. The molecule has 1 aliphatic rings. The second-order valence-corrected chi connectivity index (χ2v) is 6.57. The summed E-state index contributed by atoms with van der Waals surface area (Å²) >= 11 is 0. The van der Waals surface area contributed by atoms with Crippen molar-refractivity contribution in [1.82, 2.24) is 15.1 Å². The first kappa shape index (κ1) is 23.1. The Balaban J connectivity index is 0.00000338. The van der Waals surface area contributed by atoms with E-state index >= 15 is 0 Å². The zero-order valence-electron chi connectivity index (χ0n) is 16.1. The Hall–Kier alpha value is -0.900. The topological polar surface area (TPSA) is 66.1 Å². The van der Waals surface area contributed by atoms with Crippen molar-refractivity contribution in [2.24, 2.45) is 10.7 Å². The van der Waals surface area contributed by atoms with Gasteiger partial charge in [-0.2, -0.15) is 0 Å². The van der Waals surface area contributed by atoms with E-state index in [1.54, 1.807) is 0 Å². The summed E-state index contributed by atoms with van der Waals surface area (Å²) in [6.45, 7) is 10.5. The minimum Gasteiger partial charge on any atom is -0.382 e. The third-order valence-corrected chi connectivity index (χ3v) is 4.43. The molecule has 0 unspecified atom stereocenters. The summed E-state index contributed by atoms with van der Waals surface area (Å²) in [5.41, 5.74) is 8.43. The van der Waals surface area contributed by atoms with Gasteiger partial charge in [-0.25, -0.2) is 4.99 Å². The van der Waals surface area contributed by atoms with Crippen LogP contribution in [0.4, 0.5) is 0 Å². The molecule has 1 heterocycles. The maximum atomic E-state index is 5.89. The van der Waals surface area contributed by atoms with E-state index < -0.39 is 0 Å². The number of likely N-dealkylation sites (N-methyl/N-ethyl adjacent to an activating group) is 1. The van der Waals surface area contributed by atoms with Gasteiger partial charge >= 0.3 is 0 Å². The molecule has 1 saturated heterocycles. The van der Waals surface area contributed by atoms with Crippen LogP contribution in [0.3, 0.4) is 0 Å². The molecule has 1 fully saturated rings. The lowest BCUT2D eigenvalue weighted by atomic mass is 10.1. The summed E-state index contributed by atoms with van der Waals surface area (Å²) in [6.07, 6.45) is 0.936. The molecule has 0 saturated carbocycles. The van der Waals surface area contributed by atoms with Crippen molar-refractivity contribution in [3.8, 4) is 0 Å². The molecule has 0 aromatic heterocycles. The number of ether oxygens (including phenoxy) is 1. The van der Waals surface area contributed by atoms with Gasteiger partial charge in [-0.05, 0) is 31.5 Å². The monoisotopic (exact) mass is 475 g/mol. The number of benzene rings is 1. The third kappa shape index (κ3) is 9.16. The van der Waals surface area contributed by atoms with Crippen LogP contribution in [0.2, 0.25) is 0 Å². The van der Waals surface area contributed by atoms with E-state index in [2.05, 4.69) is 51.4 Å². The number of hydrogen-bond acceptors (Lipinski definition) is 4. The number of nitrogens with zero attached hydrogens (tertiary/aromatic N) is 3. The van der Waals surface area contributed by atoms with Gasteiger partial charge in [0, 0.05) is 52.5 Å². The van der Waals surface area contributed by atoms with Crippen molar-refractivity contribution in [2.75, 3.05) is 53.0 Å². The van der Waals surface area contributed by atoms with Crippen LogP contribution in [0.25, 0.3) is 0 Å². The molecule has 26 heavy (non-hydrogen) atoms. The Morgan fingerprint density at radius 1 is 1.15 bits per heavy atom. The highest BCUT2D eigenvalue weighted by molar-refractivity contribution is 14.0. The molecule has 1 aromatic rings. The van der Waals surface area contributed by atoms with Gasteiger partial charge in [0.2, 0.25) is 0 Å². The smallest absolute Gasteiger partial charge is 0.188 e. The number of nitrogens with one attached hydrogen (secondary N) is 1. The first-order valence-electron chi connectivity index (χ1n) is 9.27. The van der Waals surface area contributed by atoms with Crippen LogP contribution >= 0.6 is 24.0 Å². The molecule has 148 valence electrons. The molecule has 0 amide bonds. The van der Waals surface area contributed by atoms with Gasteiger partial charge in [-0.1, -0.05) is 24.3 Å². The Kier molecular flexibility index (Phi) is 11.8. The van der Waals surface area contributed by atoms with Crippen molar-refractivity contribution in [1.29, 1.82) is 0 Å². The van der Waals surface area contributed by atoms with Crippen LogP contribution in [-0.4, -0.2) is 68.7 Å². The molecule has 0 spiro atoms. The average Bonchev–Trinajstić information content (AvgIpc) is 2.63. The number of nitrogens with two attached hydrogens (primary N) is 1. The number of hydrogen-bond donors (Lipinski definition) is 2. The van der Waals surface area contributed by atoms with E-state index in [0.29, 0.717) is 12.5 Å². The highest BCUT2D eigenvalue weighted by Crippen LogP contribution is 2.10. The fourth-order valence-electron chi connectivity index (χ4n) is 2.78. The van der Waals surface area contributed by atoms with Crippen LogP contribution in [0.1, 0.15) is 24.5 Å². The highest BCUT2D eigenvalue weighted by Gasteiger charge is 2.13. The molecule has 3 N–H and O–H groups in total. The van der Waals surface area contributed by atoms with E-state index in [-0.39, 0.29) is 24.0 Å². The van der Waals surface area contributed by atoms with E-state index in [1.165, 1.54) is 11.1 Å². The molecular weight excluding hydrogens is 441 g/mol. The highest BCUT2D eigenvalue weighted by atomic mass is 127. The molecule has 1 aromatic carbocycles. The Morgan fingerprint density at radius 2 is 1.81 bits per heavy atom. The van der Waals surface area contributed by atoms with Crippen LogP contribution in [0.15, 0.2) is 29.3 Å². The lowest BCUT2D eigenvalue weighted by Crippen LogP contribution is -2.43. The van der Waals surface area contributed by atoms with Gasteiger partial charge in [0.25, 0.3) is 0 Å². The quantitative estimate of drug-likeness (QED) is 0.247. The van der Waals surface area contributed by atoms with Gasteiger partial charge in [0.1, 0.15) is 0 Å². The summed E-state index contributed by atoms with van der Waals surface area (Å²) in [4.78, 5) is 9.29. The number of piperazine rings is 1. The first-order valence-corrected chi connectivity index (χ1v) is 9.27. The van der Waals surface area contributed by atoms with Gasteiger partial charge in [0.15, 0.2) is 5.96 Å². The summed E-state index contributed by atoms with van der Waals surface area (Å²) in [6, 6.07) is 8.71. The van der Waals surface area contributed by atoms with E-state index in [4.69, 9.17) is 10.5 Å². The van der Waals surface area contributed by atoms with Gasteiger partial charge in [-0.3, -0.25) is 4.90 Å². The van der Waals surface area contributed by atoms with Crippen LogP contribution in [0, 0.1) is 0 Å². The Morgan fingerprint density at radius 3 is 2.46 bits per heavy atom. The summed E-state index contributed by atoms with van der Waals surface area (Å²) in [5, 5.41) is 3.12. The minimum atomic E-state index is 0. The molecule has 2 rings (SSSR count). The molecule has 0 aliphatic carbocycles. The van der Waals surface area contributed by atoms with Gasteiger partial charge < -0.3 is 20.7 Å². The van der Waals surface area contributed by atoms with Crippen molar-refractivity contribution in [3.05, 3.63) is 35.4 Å². The van der Waals surface area contributed by atoms with Crippen molar-refractivity contribution in [3.63, 3.8) is 0 Å². The standard InChI is InChI=1S/C19H33N5O.HI/c1-3-25-14-4-9-21-19(20)22-15-17-5-7-18(8-6-17)16-24-12-10-23(2)11-13-24;/h5-8H,3-4,9-16H2,1-2H3,(H3,20,21,22);1H. The SMILES string of the molecule is CCOCCCNC(N)=NCc1ccc(CN2CCN(C)CC2)cc1.I. The lowest BCUT2D eigenvalue weighted by molar-refractivity contribution is 0.145. The second kappa shape index (κ2) is 13.3. The number of halogens is 1. The molecule has 0 bridgehead atoms. The zero-order chi connectivity index (χ0) is 17.9. The van der Waals surface area contributed by atoms with Crippen LogP contribution in [0.5, 0.6) is 0 Å². The van der Waals surface area contributed by atoms with E-state index in [1.807, 2.05) is 6.92 Å². The average molecular weight is 475 g/mol. The van der Waals surface area contributed by atoms with Gasteiger partial charge in [-0.15, -0.1) is 24.0 Å². The largest absolute Gasteiger partial charge is 0.382 e. The summed E-state index contributed by atoms with van der Waals surface area (Å²) in [7, 11) is 2.19. The molecule has 0 atom stereocenters. The molecule has 7 heteroatoms. The maximum absolute atomic E-state index is 5.89. The van der Waals surface area contributed by atoms with Crippen molar-refractivity contribution >= 4 is 29.9 Å². The molecule has 1 aliphatic heterocycles. The van der Waals surface area contributed by atoms with E-state index in [9.17, 15) is 0 Å². The fourth-order valence-corrected chi connectivity index (χ4v) is 2.78. The van der Waals surface area contributed by atoms with Crippen molar-refractivity contribution < 1.29 is 4.74 Å². The number of guanidine groups is 1. The molecular formula is C19H34IN5O. The van der Waals surface area contributed by atoms with Crippen LogP contribution < -0.4 is 11.1 Å². The molecule has 0 radical (unpaired) electrons. The summed E-state index contributed by atoms with van der Waals surface area (Å²) < 4.78 is 5.29. The lowest BCUT2D eigenvalue weighted by Gasteiger charge is -2.32. The summed E-state index contributed by atoms with van der Waals surface area (Å²) in [5.74, 6) is 0.498. The maximum Gasteiger partial charge on any atom is 0.188 e. The second-order valence-electron chi connectivity index (χ2n) is 6.57. The minimum absolute atomic E-state index is 0. The first-order chi connectivity index (χ1) is 12.2. The predicted molar refractivity (Wildman–Crippen MR) is 119 cm³/mol. The fraction of sp³-hybridized carbons (Fsp3) is 0.632. The Bertz CT molecular complexity index is 515. The number of aliphatic imine (C=N–C) groups is 1. The van der Waals surface area contributed by atoms with Gasteiger partial charge in [0.05, 0.1) is 6.54 Å². The third-order valence-electron chi connectivity index (χ3n) is 4.43. The Labute approximate surface area is 175 Å². The van der Waals surface area contributed by atoms with Crippen molar-refractivity contribution in [2.45, 2.75) is 26.4 Å². The predicted octanol–water partition coefficient (Wildman–Crippen LogP) is 1.88. The normalized spacial score (nSPS) is 16.3. The number of rotatable bonds is 9. The zero-order valence-corrected chi connectivity index (χ0v) is 18.4. The van der Waals surface area contributed by atoms with E-state index in [0.717, 1.165) is 58.9 Å².